The number of carbonyl (C=O) groups excluding carboxylic acids is 1. The van der Waals surface area contributed by atoms with Gasteiger partial charge in [0, 0.05) is 34.6 Å². The van der Waals surface area contributed by atoms with Crippen LogP contribution in [0.1, 0.15) is 35.4 Å². The minimum absolute atomic E-state index is 0.0103. The largest absolute Gasteiger partial charge is 0.451 e. The zero-order valence-corrected chi connectivity index (χ0v) is 16.1. The van der Waals surface area contributed by atoms with Crippen LogP contribution in [0, 0.1) is 0 Å². The highest BCUT2D eigenvalue weighted by atomic mass is 35.5. The van der Waals surface area contributed by atoms with Crippen molar-refractivity contribution in [2.24, 2.45) is 0 Å². The molecule has 4 rings (SSSR count). The van der Waals surface area contributed by atoms with Gasteiger partial charge in [0.05, 0.1) is 6.04 Å². The Kier molecular flexibility index (Phi) is 5.07. The summed E-state index contributed by atoms with van der Waals surface area (Å²) in [6, 6.07) is 4.14. The minimum Gasteiger partial charge on any atom is -0.356 e. The summed E-state index contributed by atoms with van der Waals surface area (Å²) >= 11 is 6.04. The van der Waals surface area contributed by atoms with E-state index < -0.39 is 36.0 Å². The number of aromatic amines is 1. The van der Waals surface area contributed by atoms with Crippen molar-refractivity contribution in [3.8, 4) is 0 Å². The van der Waals surface area contributed by atoms with Crippen LogP contribution in [0.5, 0.6) is 0 Å². The van der Waals surface area contributed by atoms with Crippen molar-refractivity contribution in [3.63, 3.8) is 0 Å². The summed E-state index contributed by atoms with van der Waals surface area (Å²) in [5.41, 5.74) is 1.94. The van der Waals surface area contributed by atoms with E-state index in [1.807, 2.05) is 0 Å². The summed E-state index contributed by atoms with van der Waals surface area (Å²) in [7, 11) is 0. The second kappa shape index (κ2) is 7.36. The molecule has 0 bridgehead atoms. The highest BCUT2D eigenvalue weighted by Crippen LogP contribution is 2.39. The topological polar surface area (TPSA) is 74.8 Å². The first-order valence-electron chi connectivity index (χ1n) is 8.90. The zero-order chi connectivity index (χ0) is 22.6. The predicted octanol–water partition coefficient (Wildman–Crippen LogP) is 4.74. The maximum atomic E-state index is 13.2. The maximum absolute atomic E-state index is 13.2. The van der Waals surface area contributed by atoms with E-state index in [1.54, 1.807) is 18.2 Å². The molecule has 3 aromatic rings. The van der Waals surface area contributed by atoms with E-state index in [9.17, 15) is 31.1 Å². The lowest BCUT2D eigenvalue weighted by atomic mass is 9.96. The summed E-state index contributed by atoms with van der Waals surface area (Å²) in [6.45, 7) is -0.0103. The molecule has 1 aliphatic heterocycles. The molecule has 1 aliphatic rings. The summed E-state index contributed by atoms with van der Waals surface area (Å²) in [4.78, 5) is 24.6. The fraction of sp³-hybridized carbons (Fsp3) is 0.333. The van der Waals surface area contributed by atoms with Crippen molar-refractivity contribution in [1.29, 1.82) is 0 Å². The van der Waals surface area contributed by atoms with E-state index in [2.05, 4.69) is 19.9 Å². The number of halogens is 7. The van der Waals surface area contributed by atoms with Gasteiger partial charge < -0.3 is 14.7 Å². The number of aldehydes is 1. The fourth-order valence-electron chi connectivity index (χ4n) is 3.66. The Bertz CT molecular complexity index is 1130. The number of nitrogens with one attached hydrogen (secondary N) is 1. The third-order valence-electron chi connectivity index (χ3n) is 4.92. The Balaban J connectivity index is 1.86. The van der Waals surface area contributed by atoms with E-state index >= 15 is 0 Å². The first kappa shape index (κ1) is 21.3. The molecular formula is C18H12ClF6N5O. The van der Waals surface area contributed by atoms with Crippen LogP contribution in [0.2, 0.25) is 5.02 Å². The number of nitrogens with zero attached hydrogens (tertiary/aromatic N) is 4. The third kappa shape index (κ3) is 3.91. The minimum atomic E-state index is -5.21. The molecule has 6 nitrogen and oxygen atoms in total. The van der Waals surface area contributed by atoms with Gasteiger partial charge in [-0.15, -0.1) is 0 Å². The summed E-state index contributed by atoms with van der Waals surface area (Å²) in [5.74, 6) is -4.71. The van der Waals surface area contributed by atoms with Crippen LogP contribution >= 0.6 is 11.6 Å². The first-order valence-corrected chi connectivity index (χ1v) is 9.27. The molecule has 0 saturated heterocycles. The Labute approximate surface area is 175 Å². The number of anilines is 1. The smallest absolute Gasteiger partial charge is 0.356 e. The summed E-state index contributed by atoms with van der Waals surface area (Å²) in [6.07, 6.45) is -9.84. The van der Waals surface area contributed by atoms with E-state index in [0.717, 1.165) is 15.8 Å². The van der Waals surface area contributed by atoms with Crippen LogP contribution in [0.3, 0.4) is 0 Å². The molecule has 0 amide bonds. The van der Waals surface area contributed by atoms with E-state index in [1.165, 1.54) is 0 Å². The van der Waals surface area contributed by atoms with Crippen molar-refractivity contribution in [1.82, 2.24) is 19.9 Å². The maximum Gasteiger partial charge on any atom is 0.451 e. The Morgan fingerprint density at radius 2 is 1.74 bits per heavy atom. The van der Waals surface area contributed by atoms with Crippen LogP contribution in [0.25, 0.3) is 10.9 Å². The number of rotatable bonds is 3. The van der Waals surface area contributed by atoms with Crippen molar-refractivity contribution < 1.29 is 31.1 Å². The van der Waals surface area contributed by atoms with Gasteiger partial charge in [0.1, 0.15) is 6.29 Å². The summed E-state index contributed by atoms with van der Waals surface area (Å²) in [5, 5.41) is 1.23. The van der Waals surface area contributed by atoms with Gasteiger partial charge in [-0.1, -0.05) is 11.6 Å². The van der Waals surface area contributed by atoms with Gasteiger partial charge in [-0.2, -0.15) is 36.3 Å². The highest BCUT2D eigenvalue weighted by molar-refractivity contribution is 6.31. The average Bonchev–Trinajstić information content (AvgIpc) is 3.05. The van der Waals surface area contributed by atoms with E-state index in [0.29, 0.717) is 22.5 Å². The van der Waals surface area contributed by atoms with Crippen LogP contribution in [0.15, 0.2) is 18.2 Å². The Morgan fingerprint density at radius 3 is 2.32 bits per heavy atom. The quantitative estimate of drug-likeness (QED) is 0.449. The Hall–Kier alpha value is -2.89. The average molecular weight is 464 g/mol. The first-order chi connectivity index (χ1) is 14.5. The van der Waals surface area contributed by atoms with Crippen LogP contribution in [-0.4, -0.2) is 32.8 Å². The molecule has 1 atom stereocenters. The number of benzene rings is 1. The van der Waals surface area contributed by atoms with Crippen LogP contribution < -0.4 is 4.90 Å². The second-order valence-electron chi connectivity index (χ2n) is 6.85. The van der Waals surface area contributed by atoms with Crippen LogP contribution in [-0.2, 0) is 23.6 Å². The third-order valence-corrected chi connectivity index (χ3v) is 5.16. The molecule has 0 saturated carbocycles. The van der Waals surface area contributed by atoms with Crippen molar-refractivity contribution in [3.05, 3.63) is 46.1 Å². The standard InChI is InChI=1S/C18H12ClF6N5O/c19-8-1-2-11-10(7-8)9-3-5-30(12(4-6-31)13(9)26-11)16-28-14(17(20,21)22)27-15(29-16)18(23,24)25/h1-2,6-7,12,26H,3-5H2. The molecule has 164 valence electrons. The highest BCUT2D eigenvalue weighted by Gasteiger charge is 2.43. The molecule has 0 fully saturated rings. The normalized spacial score (nSPS) is 17.1. The molecule has 0 radical (unpaired) electrons. The van der Waals surface area contributed by atoms with Crippen molar-refractivity contribution in [2.75, 3.05) is 11.4 Å². The van der Waals surface area contributed by atoms with Gasteiger partial charge in [-0.25, -0.2) is 4.98 Å². The zero-order valence-electron chi connectivity index (χ0n) is 15.4. The molecule has 1 N–H and O–H groups in total. The number of fused-ring (bicyclic) bond motifs is 3. The molecule has 2 aromatic heterocycles. The number of carbonyl (C=O) groups is 1. The van der Waals surface area contributed by atoms with E-state index in [4.69, 9.17) is 11.6 Å². The molecule has 13 heteroatoms. The lowest BCUT2D eigenvalue weighted by molar-refractivity contribution is -0.155. The van der Waals surface area contributed by atoms with Gasteiger partial charge in [-0.05, 0) is 30.2 Å². The number of H-pyrrole nitrogens is 1. The number of hydrogen-bond acceptors (Lipinski definition) is 5. The molecule has 0 spiro atoms. The second-order valence-corrected chi connectivity index (χ2v) is 7.28. The van der Waals surface area contributed by atoms with Crippen molar-refractivity contribution in [2.45, 2.75) is 31.2 Å². The number of hydrogen-bond donors (Lipinski definition) is 1. The lowest BCUT2D eigenvalue weighted by Crippen LogP contribution is -2.38. The van der Waals surface area contributed by atoms with Gasteiger partial charge in [-0.3, -0.25) is 0 Å². The van der Waals surface area contributed by atoms with Gasteiger partial charge in [0.15, 0.2) is 0 Å². The van der Waals surface area contributed by atoms with Crippen LogP contribution in [0.4, 0.5) is 32.3 Å². The lowest BCUT2D eigenvalue weighted by Gasteiger charge is -2.35. The van der Waals surface area contributed by atoms with Gasteiger partial charge >= 0.3 is 12.4 Å². The van der Waals surface area contributed by atoms with E-state index in [-0.39, 0.29) is 19.4 Å². The van der Waals surface area contributed by atoms with Gasteiger partial charge in [0.25, 0.3) is 0 Å². The van der Waals surface area contributed by atoms with Crippen molar-refractivity contribution >= 4 is 34.7 Å². The molecule has 1 unspecified atom stereocenters. The van der Waals surface area contributed by atoms with Gasteiger partial charge in [0.2, 0.25) is 17.6 Å². The SMILES string of the molecule is O=CCC1c2[nH]c3ccc(Cl)cc3c2CCN1c1nc(C(F)(F)F)nc(C(F)(F)F)n1. The number of alkyl halides is 6. The molecular weight excluding hydrogens is 452 g/mol. The molecule has 0 aliphatic carbocycles. The molecule has 1 aromatic carbocycles. The molecule has 3 heterocycles. The molecule has 31 heavy (non-hydrogen) atoms. The monoisotopic (exact) mass is 463 g/mol. The fourth-order valence-corrected chi connectivity index (χ4v) is 3.83. The Morgan fingerprint density at radius 1 is 1.10 bits per heavy atom. The number of aromatic nitrogens is 4. The summed E-state index contributed by atoms with van der Waals surface area (Å²) < 4.78 is 78.9. The predicted molar refractivity (Wildman–Crippen MR) is 97.6 cm³/mol.